The smallest absolute Gasteiger partial charge is 0.320 e. The van der Waals surface area contributed by atoms with Crippen molar-refractivity contribution >= 4 is 28.7 Å². The number of carbonyl (C=O) groups excluding carboxylic acids is 1. The zero-order valence-corrected chi connectivity index (χ0v) is 17.4. The number of oxazole rings is 1. The first-order valence-electron chi connectivity index (χ1n) is 9.62. The van der Waals surface area contributed by atoms with Gasteiger partial charge in [0.1, 0.15) is 22.8 Å². The normalized spacial score (nSPS) is 18.7. The van der Waals surface area contributed by atoms with Crippen LogP contribution in [0.2, 0.25) is 5.02 Å². The van der Waals surface area contributed by atoms with E-state index in [4.69, 9.17) is 25.2 Å². The molecule has 1 saturated heterocycles. The fourth-order valence-electron chi connectivity index (χ4n) is 3.48. The zero-order valence-electron chi connectivity index (χ0n) is 16.6. The molecule has 0 radical (unpaired) electrons. The molecule has 1 fully saturated rings. The monoisotopic (exact) mass is 417 g/mol. The Hall–Kier alpha value is -2.35. The second-order valence-corrected chi connectivity index (χ2v) is 8.54. The SMILES string of the molecule is CC(C)(C)OC(=O)C(c1nc2cc(Cl)cc(-c3ccco3)c2o1)C1CNCCN1. The Balaban J connectivity index is 1.79. The van der Waals surface area contributed by atoms with E-state index in [2.05, 4.69) is 15.6 Å². The lowest BCUT2D eigenvalue weighted by molar-refractivity contribution is -0.158. The third kappa shape index (κ3) is 4.32. The van der Waals surface area contributed by atoms with Crippen molar-refractivity contribution in [2.24, 2.45) is 0 Å². The standard InChI is InChI=1S/C21H24ClN3O4/c1-21(2,3)29-20(26)17(15-11-23-6-7-24-15)19-25-14-10-12(22)9-13(18(14)28-19)16-5-4-8-27-16/h4-5,8-10,15,17,23-24H,6-7,11H2,1-3H3. The fraction of sp³-hybridized carbons (Fsp3) is 0.429. The Morgan fingerprint density at radius 2 is 2.17 bits per heavy atom. The predicted molar refractivity (Wildman–Crippen MR) is 110 cm³/mol. The number of esters is 1. The molecule has 0 saturated carbocycles. The molecule has 2 aromatic heterocycles. The van der Waals surface area contributed by atoms with Gasteiger partial charge in [-0.05, 0) is 45.0 Å². The summed E-state index contributed by atoms with van der Waals surface area (Å²) in [5, 5.41) is 7.19. The van der Waals surface area contributed by atoms with Gasteiger partial charge >= 0.3 is 5.97 Å². The summed E-state index contributed by atoms with van der Waals surface area (Å²) in [5.41, 5.74) is 1.16. The molecule has 1 aliphatic heterocycles. The molecule has 4 rings (SSSR count). The van der Waals surface area contributed by atoms with Crippen LogP contribution in [0, 0.1) is 0 Å². The van der Waals surface area contributed by atoms with Crippen LogP contribution in [0.1, 0.15) is 32.6 Å². The highest BCUT2D eigenvalue weighted by Crippen LogP contribution is 2.35. The first kappa shape index (κ1) is 19.9. The summed E-state index contributed by atoms with van der Waals surface area (Å²) in [6, 6.07) is 6.90. The summed E-state index contributed by atoms with van der Waals surface area (Å²) in [6.45, 7) is 7.71. The quantitative estimate of drug-likeness (QED) is 0.625. The Kier molecular flexibility index (Phi) is 5.38. The van der Waals surface area contributed by atoms with E-state index in [-0.39, 0.29) is 12.0 Å². The molecule has 7 nitrogen and oxygen atoms in total. The molecular formula is C21H24ClN3O4. The van der Waals surface area contributed by atoms with E-state index in [1.54, 1.807) is 24.5 Å². The van der Waals surface area contributed by atoms with Gasteiger partial charge in [0.15, 0.2) is 5.58 Å². The van der Waals surface area contributed by atoms with Crippen LogP contribution in [0.3, 0.4) is 0 Å². The van der Waals surface area contributed by atoms with E-state index in [1.165, 1.54) is 0 Å². The lowest BCUT2D eigenvalue weighted by Gasteiger charge is -2.31. The summed E-state index contributed by atoms with van der Waals surface area (Å²) in [4.78, 5) is 17.7. The van der Waals surface area contributed by atoms with E-state index in [0.717, 1.165) is 13.1 Å². The topological polar surface area (TPSA) is 89.5 Å². The third-order valence-corrected chi connectivity index (χ3v) is 4.88. The molecule has 3 heterocycles. The number of furan rings is 1. The first-order chi connectivity index (χ1) is 13.8. The van der Waals surface area contributed by atoms with Gasteiger partial charge in [0, 0.05) is 30.7 Å². The molecular weight excluding hydrogens is 394 g/mol. The van der Waals surface area contributed by atoms with Gasteiger partial charge in [-0.15, -0.1) is 0 Å². The molecule has 0 amide bonds. The number of piperazine rings is 1. The maximum atomic E-state index is 13.1. The fourth-order valence-corrected chi connectivity index (χ4v) is 3.69. The summed E-state index contributed by atoms with van der Waals surface area (Å²) in [5.74, 6) is -0.162. The summed E-state index contributed by atoms with van der Waals surface area (Å²) in [7, 11) is 0. The van der Waals surface area contributed by atoms with Crippen molar-refractivity contribution in [3.05, 3.63) is 41.4 Å². The highest BCUT2D eigenvalue weighted by molar-refractivity contribution is 6.31. The van der Waals surface area contributed by atoms with Crippen LogP contribution >= 0.6 is 11.6 Å². The summed E-state index contributed by atoms with van der Waals surface area (Å²) >= 11 is 6.29. The molecule has 2 N–H and O–H groups in total. The van der Waals surface area contributed by atoms with Crippen molar-refractivity contribution in [3.8, 4) is 11.3 Å². The molecule has 0 bridgehead atoms. The van der Waals surface area contributed by atoms with Crippen LogP contribution in [0.25, 0.3) is 22.4 Å². The number of hydrogen-bond donors (Lipinski definition) is 2. The molecule has 0 aliphatic carbocycles. The second-order valence-electron chi connectivity index (χ2n) is 8.11. The third-order valence-electron chi connectivity index (χ3n) is 4.66. The maximum Gasteiger partial charge on any atom is 0.320 e. The van der Waals surface area contributed by atoms with Crippen LogP contribution in [0.5, 0.6) is 0 Å². The van der Waals surface area contributed by atoms with Gasteiger partial charge in [-0.3, -0.25) is 4.79 Å². The molecule has 154 valence electrons. The minimum Gasteiger partial charge on any atom is -0.464 e. The highest BCUT2D eigenvalue weighted by Gasteiger charge is 2.38. The van der Waals surface area contributed by atoms with Gasteiger partial charge in [-0.1, -0.05) is 11.6 Å². The van der Waals surface area contributed by atoms with E-state index in [9.17, 15) is 4.79 Å². The summed E-state index contributed by atoms with van der Waals surface area (Å²) < 4.78 is 17.3. The average Bonchev–Trinajstić information content (AvgIpc) is 3.30. The van der Waals surface area contributed by atoms with Crippen LogP contribution < -0.4 is 10.6 Å². The van der Waals surface area contributed by atoms with Crippen molar-refractivity contribution in [1.29, 1.82) is 0 Å². The van der Waals surface area contributed by atoms with Crippen LogP contribution in [0.4, 0.5) is 0 Å². The Morgan fingerprint density at radius 1 is 1.34 bits per heavy atom. The molecule has 29 heavy (non-hydrogen) atoms. The average molecular weight is 418 g/mol. The van der Waals surface area contributed by atoms with Gasteiger partial charge in [-0.2, -0.15) is 0 Å². The number of halogens is 1. The van der Waals surface area contributed by atoms with E-state index in [0.29, 0.717) is 39.9 Å². The Bertz CT molecular complexity index is 1000. The van der Waals surface area contributed by atoms with Crippen molar-refractivity contribution < 1.29 is 18.4 Å². The van der Waals surface area contributed by atoms with E-state index >= 15 is 0 Å². The van der Waals surface area contributed by atoms with Crippen LogP contribution in [0.15, 0.2) is 39.4 Å². The van der Waals surface area contributed by atoms with Crippen LogP contribution in [-0.4, -0.2) is 42.2 Å². The molecule has 1 aromatic carbocycles. The highest BCUT2D eigenvalue weighted by atomic mass is 35.5. The zero-order chi connectivity index (χ0) is 20.6. The number of fused-ring (bicyclic) bond motifs is 1. The number of hydrogen-bond acceptors (Lipinski definition) is 7. The number of ether oxygens (including phenoxy) is 1. The second kappa shape index (κ2) is 7.82. The molecule has 2 unspecified atom stereocenters. The Labute approximate surface area is 173 Å². The minimum atomic E-state index is -0.697. The number of carbonyl (C=O) groups is 1. The number of aromatic nitrogens is 1. The minimum absolute atomic E-state index is 0.200. The van der Waals surface area contributed by atoms with Gasteiger partial charge in [0.2, 0.25) is 5.89 Å². The molecule has 1 aliphatic rings. The lowest BCUT2D eigenvalue weighted by Crippen LogP contribution is -2.53. The van der Waals surface area contributed by atoms with Crippen molar-refractivity contribution in [2.75, 3.05) is 19.6 Å². The lowest BCUT2D eigenvalue weighted by atomic mass is 9.97. The maximum absolute atomic E-state index is 13.1. The van der Waals surface area contributed by atoms with Crippen molar-refractivity contribution in [3.63, 3.8) is 0 Å². The first-order valence-corrected chi connectivity index (χ1v) is 10.0. The molecule has 3 aromatic rings. The number of rotatable bonds is 4. The van der Waals surface area contributed by atoms with E-state index < -0.39 is 11.5 Å². The summed E-state index contributed by atoms with van der Waals surface area (Å²) in [6.07, 6.45) is 1.58. The largest absolute Gasteiger partial charge is 0.464 e. The van der Waals surface area contributed by atoms with Gasteiger partial charge in [0.05, 0.1) is 11.8 Å². The molecule has 2 atom stereocenters. The Morgan fingerprint density at radius 3 is 2.83 bits per heavy atom. The van der Waals surface area contributed by atoms with Gasteiger partial charge in [0.25, 0.3) is 0 Å². The predicted octanol–water partition coefficient (Wildman–Crippen LogP) is 3.73. The van der Waals surface area contributed by atoms with Gasteiger partial charge < -0.3 is 24.2 Å². The van der Waals surface area contributed by atoms with Crippen molar-refractivity contribution in [2.45, 2.75) is 38.3 Å². The van der Waals surface area contributed by atoms with Gasteiger partial charge in [-0.25, -0.2) is 4.98 Å². The number of benzene rings is 1. The number of nitrogens with zero attached hydrogens (tertiary/aromatic N) is 1. The van der Waals surface area contributed by atoms with Crippen molar-refractivity contribution in [1.82, 2.24) is 15.6 Å². The number of nitrogens with one attached hydrogen (secondary N) is 2. The molecule has 0 spiro atoms. The molecule has 8 heteroatoms. The van der Waals surface area contributed by atoms with Crippen LogP contribution in [-0.2, 0) is 9.53 Å². The van der Waals surface area contributed by atoms with E-state index in [1.807, 2.05) is 26.8 Å².